The normalized spacial score (nSPS) is 16.6. The Morgan fingerprint density at radius 3 is 2.69 bits per heavy atom. The van der Waals surface area contributed by atoms with Gasteiger partial charge in [-0.3, -0.25) is 4.79 Å². The summed E-state index contributed by atoms with van der Waals surface area (Å²) in [6.45, 7) is 3.89. The summed E-state index contributed by atoms with van der Waals surface area (Å²) in [5.74, 6) is -1.38. The van der Waals surface area contributed by atoms with Crippen LogP contribution in [0.25, 0.3) is 22.2 Å². The number of ether oxygens (including phenoxy) is 1. The first-order valence-corrected chi connectivity index (χ1v) is 13.1. The standard InChI is InChI=1S/C27H29F4N9O2/c1-12(15-7-4-8-34-23(15)33)36-24-18-22(38-26(39-24)42-11-14-6-5-9-40(14)3)20(28)21(37-25(18)41)16-10-17(32)35-13(2)19(16)27(29,30)31/h4,7-8,10,12,14H,5-6,9,11H2,1-3H3,(H2,32,35)(H2,33,34)(H,37,41)(H,36,38,39)/t12-,14-/m1/s1. The van der Waals surface area contributed by atoms with Crippen molar-refractivity contribution in [2.24, 2.45) is 0 Å². The number of H-pyrrole nitrogens is 1. The number of anilines is 3. The second-order valence-corrected chi connectivity index (χ2v) is 10.2. The van der Waals surface area contributed by atoms with Crippen molar-refractivity contribution in [1.29, 1.82) is 0 Å². The zero-order chi connectivity index (χ0) is 30.3. The summed E-state index contributed by atoms with van der Waals surface area (Å²) < 4.78 is 64.2. The molecule has 0 spiro atoms. The van der Waals surface area contributed by atoms with Crippen LogP contribution < -0.4 is 27.1 Å². The molecule has 5 heterocycles. The van der Waals surface area contributed by atoms with E-state index in [0.29, 0.717) is 5.56 Å². The maximum Gasteiger partial charge on any atom is 0.418 e. The molecular formula is C27H29F4N9O2. The fraction of sp³-hybridized carbons (Fsp3) is 0.370. The minimum absolute atomic E-state index is 0.0616. The number of nitrogens with two attached hydrogens (primary N) is 2. The average Bonchev–Trinajstić information content (AvgIpc) is 3.32. The van der Waals surface area contributed by atoms with Crippen LogP contribution in [-0.2, 0) is 6.18 Å². The van der Waals surface area contributed by atoms with E-state index >= 15 is 4.39 Å². The van der Waals surface area contributed by atoms with Crippen LogP contribution in [0, 0.1) is 12.7 Å². The van der Waals surface area contributed by atoms with Gasteiger partial charge in [0, 0.05) is 23.4 Å². The van der Waals surface area contributed by atoms with E-state index in [1.807, 2.05) is 7.05 Å². The number of rotatable bonds is 7. The smallest absolute Gasteiger partial charge is 0.418 e. The van der Waals surface area contributed by atoms with Gasteiger partial charge in [0.25, 0.3) is 5.56 Å². The lowest BCUT2D eigenvalue weighted by Crippen LogP contribution is -2.31. The van der Waals surface area contributed by atoms with Crippen molar-refractivity contribution in [3.8, 4) is 17.3 Å². The number of aromatic nitrogens is 5. The Morgan fingerprint density at radius 1 is 1.26 bits per heavy atom. The number of aromatic amines is 1. The molecule has 0 saturated carbocycles. The number of likely N-dealkylation sites (N-methyl/N-ethyl adjacent to an activating group) is 1. The van der Waals surface area contributed by atoms with Gasteiger partial charge >= 0.3 is 12.2 Å². The molecule has 1 aliphatic rings. The number of hydrogen-bond acceptors (Lipinski definition) is 10. The minimum atomic E-state index is -4.92. The molecule has 4 aromatic rings. The number of nitrogens with zero attached hydrogens (tertiary/aromatic N) is 5. The number of fused-ring (bicyclic) bond motifs is 1. The van der Waals surface area contributed by atoms with Crippen LogP contribution in [0.15, 0.2) is 29.2 Å². The van der Waals surface area contributed by atoms with E-state index in [1.54, 1.807) is 19.1 Å². The van der Waals surface area contributed by atoms with Crippen LogP contribution in [0.2, 0.25) is 0 Å². The highest BCUT2D eigenvalue weighted by molar-refractivity contribution is 5.92. The van der Waals surface area contributed by atoms with Gasteiger partial charge in [-0.1, -0.05) is 6.07 Å². The van der Waals surface area contributed by atoms with E-state index in [0.717, 1.165) is 32.4 Å². The third-order valence-electron chi connectivity index (χ3n) is 7.32. The van der Waals surface area contributed by atoms with Crippen molar-refractivity contribution in [2.45, 2.75) is 44.9 Å². The molecular weight excluding hydrogens is 558 g/mol. The Hall–Kier alpha value is -4.53. The van der Waals surface area contributed by atoms with Crippen molar-refractivity contribution in [2.75, 3.05) is 37.0 Å². The molecule has 2 atom stereocenters. The summed E-state index contributed by atoms with van der Waals surface area (Å²) in [7, 11) is 1.95. The minimum Gasteiger partial charge on any atom is -0.462 e. The van der Waals surface area contributed by atoms with Crippen LogP contribution in [0.1, 0.15) is 42.6 Å². The third-order valence-corrected chi connectivity index (χ3v) is 7.32. The molecule has 0 aromatic carbocycles. The molecule has 1 saturated heterocycles. The van der Waals surface area contributed by atoms with E-state index in [1.165, 1.54) is 6.20 Å². The summed E-state index contributed by atoms with van der Waals surface area (Å²) in [4.78, 5) is 34.0. The fourth-order valence-corrected chi connectivity index (χ4v) is 5.21. The Bertz CT molecular complexity index is 1710. The van der Waals surface area contributed by atoms with Crippen LogP contribution in [-0.4, -0.2) is 56.1 Å². The van der Waals surface area contributed by atoms with E-state index in [2.05, 4.69) is 35.1 Å². The van der Waals surface area contributed by atoms with Crippen molar-refractivity contribution in [3.63, 3.8) is 0 Å². The largest absolute Gasteiger partial charge is 0.462 e. The first-order valence-electron chi connectivity index (χ1n) is 13.1. The van der Waals surface area contributed by atoms with Gasteiger partial charge in [0.15, 0.2) is 5.82 Å². The molecule has 0 radical (unpaired) electrons. The first-order chi connectivity index (χ1) is 19.8. The molecule has 0 amide bonds. The van der Waals surface area contributed by atoms with E-state index in [-0.39, 0.29) is 41.5 Å². The van der Waals surface area contributed by atoms with Crippen LogP contribution in [0.5, 0.6) is 6.01 Å². The van der Waals surface area contributed by atoms with Gasteiger partial charge in [0.1, 0.15) is 35.0 Å². The molecule has 0 unspecified atom stereocenters. The zero-order valence-corrected chi connectivity index (χ0v) is 23.0. The van der Waals surface area contributed by atoms with Crippen molar-refractivity contribution < 1.29 is 22.3 Å². The number of likely N-dealkylation sites (tertiary alicyclic amines) is 1. The predicted molar refractivity (Wildman–Crippen MR) is 149 cm³/mol. The fourth-order valence-electron chi connectivity index (χ4n) is 5.21. The molecule has 4 aromatic heterocycles. The summed E-state index contributed by atoms with van der Waals surface area (Å²) in [5, 5.41) is 2.73. The summed E-state index contributed by atoms with van der Waals surface area (Å²) >= 11 is 0. The Kier molecular flexibility index (Phi) is 7.62. The molecule has 5 rings (SSSR count). The number of aryl methyl sites for hydroxylation is 1. The molecule has 6 N–H and O–H groups in total. The van der Waals surface area contributed by atoms with E-state index in [9.17, 15) is 18.0 Å². The number of alkyl halides is 3. The second-order valence-electron chi connectivity index (χ2n) is 10.2. The molecule has 11 nitrogen and oxygen atoms in total. The van der Waals surface area contributed by atoms with Crippen LogP contribution in [0.4, 0.5) is 35.0 Å². The van der Waals surface area contributed by atoms with Crippen molar-refractivity contribution in [3.05, 3.63) is 57.4 Å². The average molecular weight is 588 g/mol. The van der Waals surface area contributed by atoms with E-state index in [4.69, 9.17) is 16.2 Å². The second kappa shape index (κ2) is 11.0. The molecule has 0 bridgehead atoms. The predicted octanol–water partition coefficient (Wildman–Crippen LogP) is 4.05. The van der Waals surface area contributed by atoms with Gasteiger partial charge in [-0.25, -0.2) is 14.4 Å². The van der Waals surface area contributed by atoms with Crippen LogP contribution >= 0.6 is 0 Å². The number of hydrogen-bond donors (Lipinski definition) is 4. The monoisotopic (exact) mass is 587 g/mol. The summed E-state index contributed by atoms with van der Waals surface area (Å²) in [5.41, 5.74) is 7.71. The molecule has 42 heavy (non-hydrogen) atoms. The number of nitrogen functional groups attached to an aromatic ring is 2. The zero-order valence-electron chi connectivity index (χ0n) is 23.0. The Labute approximate surface area is 237 Å². The maximum absolute atomic E-state index is 16.2. The number of pyridine rings is 3. The first kappa shape index (κ1) is 29.0. The van der Waals surface area contributed by atoms with Crippen LogP contribution in [0.3, 0.4) is 0 Å². The highest BCUT2D eigenvalue weighted by atomic mass is 19.4. The number of nitrogens with one attached hydrogen (secondary N) is 2. The maximum atomic E-state index is 16.2. The highest BCUT2D eigenvalue weighted by Crippen LogP contribution is 2.40. The highest BCUT2D eigenvalue weighted by Gasteiger charge is 2.38. The summed E-state index contributed by atoms with van der Waals surface area (Å²) in [6, 6.07) is 3.49. The lowest BCUT2D eigenvalue weighted by molar-refractivity contribution is -0.137. The molecule has 1 fully saturated rings. The topological polar surface area (TPSA) is 161 Å². The van der Waals surface area contributed by atoms with Gasteiger partial charge < -0.3 is 31.4 Å². The van der Waals surface area contributed by atoms with Gasteiger partial charge in [0.2, 0.25) is 0 Å². The molecule has 222 valence electrons. The summed E-state index contributed by atoms with van der Waals surface area (Å²) in [6.07, 6.45) is -1.56. The SMILES string of the molecule is Cc1nc(N)cc(-c2[nH]c(=O)c3c(N[C@H](C)c4cccnc4N)nc(OC[C@H]4CCCN4C)nc3c2F)c1C(F)(F)F. The quantitative estimate of drug-likeness (QED) is 0.232. The molecule has 1 aliphatic heterocycles. The number of halogens is 4. The Balaban J connectivity index is 1.69. The van der Waals surface area contributed by atoms with Crippen molar-refractivity contribution >= 4 is 28.4 Å². The lowest BCUT2D eigenvalue weighted by atomic mass is 10.0. The van der Waals surface area contributed by atoms with Gasteiger partial charge in [-0.2, -0.15) is 23.1 Å². The Morgan fingerprint density at radius 2 is 2.02 bits per heavy atom. The van der Waals surface area contributed by atoms with Gasteiger partial charge in [-0.15, -0.1) is 0 Å². The third kappa shape index (κ3) is 5.51. The van der Waals surface area contributed by atoms with Crippen molar-refractivity contribution in [1.82, 2.24) is 29.8 Å². The van der Waals surface area contributed by atoms with Gasteiger partial charge in [0.05, 0.1) is 23.0 Å². The molecule has 15 heteroatoms. The lowest BCUT2D eigenvalue weighted by Gasteiger charge is -2.21. The molecule has 0 aliphatic carbocycles. The van der Waals surface area contributed by atoms with Gasteiger partial charge in [-0.05, 0) is 52.4 Å². The van der Waals surface area contributed by atoms with E-state index < -0.39 is 51.6 Å².